The van der Waals surface area contributed by atoms with Gasteiger partial charge in [-0.15, -0.1) is 11.8 Å². The third kappa shape index (κ3) is 3.90. The summed E-state index contributed by atoms with van der Waals surface area (Å²) >= 11 is 7.93. The van der Waals surface area contributed by atoms with Gasteiger partial charge in [0, 0.05) is 34.3 Å². The van der Waals surface area contributed by atoms with Gasteiger partial charge in [-0.1, -0.05) is 11.6 Å². The van der Waals surface area contributed by atoms with Crippen LogP contribution >= 0.6 is 23.4 Å². The molecular formula is C17H20ClN3OS. The monoisotopic (exact) mass is 349 g/mol. The highest BCUT2D eigenvalue weighted by atomic mass is 35.5. The van der Waals surface area contributed by atoms with Crippen molar-refractivity contribution in [3.05, 3.63) is 46.2 Å². The number of carbonyl (C=O) groups is 1. The summed E-state index contributed by atoms with van der Waals surface area (Å²) in [6, 6.07) is 7.98. The fraction of sp³-hybridized carbons (Fsp3) is 0.412. The molecule has 1 aliphatic rings. The fourth-order valence-corrected chi connectivity index (χ4v) is 4.18. The number of halogens is 1. The lowest BCUT2D eigenvalue weighted by Crippen LogP contribution is -2.31. The number of aromatic nitrogens is 2. The van der Waals surface area contributed by atoms with Crippen LogP contribution in [0.25, 0.3) is 0 Å². The van der Waals surface area contributed by atoms with E-state index < -0.39 is 0 Å². The summed E-state index contributed by atoms with van der Waals surface area (Å²) in [4.78, 5) is 13.5. The van der Waals surface area contributed by atoms with Crippen LogP contribution in [0, 0.1) is 13.8 Å². The Balaban J connectivity index is 1.63. The maximum atomic E-state index is 12.3. The fourth-order valence-electron chi connectivity index (χ4n) is 2.89. The summed E-state index contributed by atoms with van der Waals surface area (Å²) in [6.45, 7) is 4.58. The first-order valence-electron chi connectivity index (χ1n) is 7.75. The number of nitrogens with one attached hydrogen (secondary N) is 1. The number of amides is 1. The Labute approximate surface area is 145 Å². The molecule has 23 heavy (non-hydrogen) atoms. The van der Waals surface area contributed by atoms with Crippen LogP contribution in [0.4, 0.5) is 0 Å². The molecule has 4 nitrogen and oxygen atoms in total. The second kappa shape index (κ2) is 6.97. The van der Waals surface area contributed by atoms with Crippen LogP contribution in [-0.4, -0.2) is 21.4 Å². The van der Waals surface area contributed by atoms with E-state index in [0.717, 1.165) is 29.1 Å². The number of aryl methyl sites for hydroxylation is 3. The van der Waals surface area contributed by atoms with E-state index in [4.69, 9.17) is 11.6 Å². The summed E-state index contributed by atoms with van der Waals surface area (Å²) in [5.74, 6) is 1.07. The van der Waals surface area contributed by atoms with Crippen molar-refractivity contribution < 1.29 is 4.79 Å². The Morgan fingerprint density at radius 2 is 2.26 bits per heavy atom. The van der Waals surface area contributed by atoms with Crippen LogP contribution in [0.15, 0.2) is 29.2 Å². The van der Waals surface area contributed by atoms with Crippen LogP contribution in [0.2, 0.25) is 5.02 Å². The highest BCUT2D eigenvalue weighted by Crippen LogP contribution is 2.37. The van der Waals surface area contributed by atoms with E-state index in [-0.39, 0.29) is 11.9 Å². The normalized spacial score (nSPS) is 16.9. The van der Waals surface area contributed by atoms with E-state index in [1.807, 2.05) is 54.6 Å². The minimum Gasteiger partial charge on any atom is -0.349 e. The second-order valence-corrected chi connectivity index (χ2v) is 7.41. The van der Waals surface area contributed by atoms with Crippen LogP contribution in [0.5, 0.6) is 0 Å². The number of fused-ring (bicyclic) bond motifs is 1. The third-order valence-electron chi connectivity index (χ3n) is 4.00. The van der Waals surface area contributed by atoms with Crippen LogP contribution < -0.4 is 5.32 Å². The molecular weight excluding hydrogens is 330 g/mol. The molecule has 1 amide bonds. The van der Waals surface area contributed by atoms with Gasteiger partial charge in [0.1, 0.15) is 0 Å². The predicted octanol–water partition coefficient (Wildman–Crippen LogP) is 3.90. The van der Waals surface area contributed by atoms with Crippen molar-refractivity contribution in [2.45, 2.75) is 44.2 Å². The summed E-state index contributed by atoms with van der Waals surface area (Å²) in [7, 11) is 0. The molecule has 1 aliphatic heterocycles. The first kappa shape index (κ1) is 16.4. The van der Waals surface area contributed by atoms with Gasteiger partial charge in [0.15, 0.2) is 0 Å². The number of rotatable bonds is 4. The van der Waals surface area contributed by atoms with E-state index in [2.05, 4.69) is 10.4 Å². The van der Waals surface area contributed by atoms with Gasteiger partial charge < -0.3 is 5.32 Å². The molecule has 2 heterocycles. The van der Waals surface area contributed by atoms with Crippen molar-refractivity contribution in [1.82, 2.24) is 15.1 Å². The lowest BCUT2D eigenvalue weighted by Gasteiger charge is -2.26. The zero-order valence-electron chi connectivity index (χ0n) is 13.3. The Hall–Kier alpha value is -1.46. The smallest absolute Gasteiger partial charge is 0.222 e. The molecule has 1 aromatic carbocycles. The van der Waals surface area contributed by atoms with Crippen molar-refractivity contribution in [3.63, 3.8) is 0 Å². The standard InChI is InChI=1S/C17H20ClN3OS/c1-11-9-12(2)21(20-11)7-5-17(22)19-15-6-8-23-16-4-3-13(18)10-14(15)16/h3-4,9-10,15H,5-8H2,1-2H3,(H,19,22)/t15-/m0/s1. The highest BCUT2D eigenvalue weighted by molar-refractivity contribution is 7.99. The van der Waals surface area contributed by atoms with E-state index in [1.165, 1.54) is 4.90 Å². The van der Waals surface area contributed by atoms with Gasteiger partial charge in [-0.3, -0.25) is 9.48 Å². The van der Waals surface area contributed by atoms with E-state index in [9.17, 15) is 4.79 Å². The van der Waals surface area contributed by atoms with Crippen molar-refractivity contribution in [3.8, 4) is 0 Å². The largest absolute Gasteiger partial charge is 0.349 e. The molecule has 0 saturated carbocycles. The summed E-state index contributed by atoms with van der Waals surface area (Å²) in [5.41, 5.74) is 3.20. The molecule has 0 fully saturated rings. The lowest BCUT2D eigenvalue weighted by molar-refractivity contribution is -0.122. The quantitative estimate of drug-likeness (QED) is 0.910. The Kier molecular flexibility index (Phi) is 4.97. The Morgan fingerprint density at radius 1 is 1.43 bits per heavy atom. The first-order chi connectivity index (χ1) is 11.0. The van der Waals surface area contributed by atoms with Crippen molar-refractivity contribution in [2.75, 3.05) is 5.75 Å². The summed E-state index contributed by atoms with van der Waals surface area (Å²) in [5, 5.41) is 8.26. The summed E-state index contributed by atoms with van der Waals surface area (Å²) < 4.78 is 1.89. The number of hydrogen-bond acceptors (Lipinski definition) is 3. The Morgan fingerprint density at radius 3 is 3.00 bits per heavy atom. The van der Waals surface area contributed by atoms with Gasteiger partial charge in [-0.05, 0) is 50.1 Å². The molecule has 1 N–H and O–H groups in total. The number of nitrogens with zero attached hydrogens (tertiary/aromatic N) is 2. The topological polar surface area (TPSA) is 46.9 Å². The van der Waals surface area contributed by atoms with E-state index >= 15 is 0 Å². The number of carbonyl (C=O) groups excluding carboxylic acids is 1. The minimum absolute atomic E-state index is 0.0536. The molecule has 1 atom stereocenters. The zero-order chi connectivity index (χ0) is 16.4. The summed E-state index contributed by atoms with van der Waals surface area (Å²) in [6.07, 6.45) is 1.37. The molecule has 0 aliphatic carbocycles. The number of hydrogen-bond donors (Lipinski definition) is 1. The maximum Gasteiger partial charge on any atom is 0.222 e. The minimum atomic E-state index is 0.0536. The molecule has 6 heteroatoms. The predicted molar refractivity (Wildman–Crippen MR) is 94.0 cm³/mol. The van der Waals surface area contributed by atoms with Crippen molar-refractivity contribution >= 4 is 29.3 Å². The molecule has 2 aromatic rings. The third-order valence-corrected chi connectivity index (χ3v) is 5.36. The SMILES string of the molecule is Cc1cc(C)n(CCC(=O)N[C@H]2CCSc3ccc(Cl)cc32)n1. The molecule has 0 radical (unpaired) electrons. The van der Waals surface area contributed by atoms with Crippen molar-refractivity contribution in [1.29, 1.82) is 0 Å². The average molecular weight is 350 g/mol. The molecule has 1 aromatic heterocycles. The van der Waals surface area contributed by atoms with E-state index in [1.54, 1.807) is 0 Å². The van der Waals surface area contributed by atoms with Crippen LogP contribution in [-0.2, 0) is 11.3 Å². The van der Waals surface area contributed by atoms with Gasteiger partial charge in [-0.2, -0.15) is 5.10 Å². The van der Waals surface area contributed by atoms with Crippen molar-refractivity contribution in [2.24, 2.45) is 0 Å². The molecule has 0 bridgehead atoms. The zero-order valence-corrected chi connectivity index (χ0v) is 14.9. The van der Waals surface area contributed by atoms with Gasteiger partial charge in [0.2, 0.25) is 5.91 Å². The molecule has 0 saturated heterocycles. The van der Waals surface area contributed by atoms with Gasteiger partial charge in [0.05, 0.1) is 11.7 Å². The Bertz CT molecular complexity index is 729. The van der Waals surface area contributed by atoms with Crippen LogP contribution in [0.1, 0.15) is 35.8 Å². The molecule has 3 rings (SSSR count). The number of benzene rings is 1. The van der Waals surface area contributed by atoms with Crippen LogP contribution in [0.3, 0.4) is 0 Å². The first-order valence-corrected chi connectivity index (χ1v) is 9.12. The molecule has 0 unspecified atom stereocenters. The maximum absolute atomic E-state index is 12.3. The lowest BCUT2D eigenvalue weighted by atomic mass is 10.0. The molecule has 122 valence electrons. The number of thioether (sulfide) groups is 1. The van der Waals surface area contributed by atoms with Gasteiger partial charge in [0.25, 0.3) is 0 Å². The van der Waals surface area contributed by atoms with Gasteiger partial charge >= 0.3 is 0 Å². The molecule has 0 spiro atoms. The average Bonchev–Trinajstić information content (AvgIpc) is 2.84. The highest BCUT2D eigenvalue weighted by Gasteiger charge is 2.22. The van der Waals surface area contributed by atoms with Gasteiger partial charge in [-0.25, -0.2) is 0 Å². The second-order valence-electron chi connectivity index (χ2n) is 5.84. The van der Waals surface area contributed by atoms with E-state index in [0.29, 0.717) is 18.0 Å².